The van der Waals surface area contributed by atoms with Gasteiger partial charge in [-0.25, -0.2) is 4.98 Å². The molecule has 27 heavy (non-hydrogen) atoms. The van der Waals surface area contributed by atoms with Gasteiger partial charge in [-0.3, -0.25) is 19.1 Å². The number of aromatic amines is 1. The number of aliphatic hydroxyl groups excluding tert-OH is 2. The topological polar surface area (TPSA) is 156 Å². The van der Waals surface area contributed by atoms with Crippen molar-refractivity contribution in [3.8, 4) is 11.4 Å². The first-order chi connectivity index (χ1) is 13.0. The molecule has 140 valence electrons. The van der Waals surface area contributed by atoms with E-state index in [0.29, 0.717) is 17.0 Å². The normalized spacial score (nSPS) is 22.4. The first-order valence-electron chi connectivity index (χ1n) is 8.29. The average molecular weight is 371 g/mol. The summed E-state index contributed by atoms with van der Waals surface area (Å²) in [6.07, 6.45) is -1.41. The summed E-state index contributed by atoms with van der Waals surface area (Å²) in [7, 11) is 0. The van der Waals surface area contributed by atoms with Gasteiger partial charge in [0.05, 0.1) is 12.7 Å². The lowest BCUT2D eigenvalue weighted by Crippen LogP contribution is -2.24. The van der Waals surface area contributed by atoms with Gasteiger partial charge in [0.2, 0.25) is 5.95 Å². The maximum absolute atomic E-state index is 12.3. The SMILES string of the molecule is Nc1nc2c(nc(-c3ccc(C=O)cc3)n2[C@H]2C[C@H](O)[C@@H](CO)O2)c(=O)[nH]1. The van der Waals surface area contributed by atoms with Gasteiger partial charge in [0.25, 0.3) is 5.56 Å². The fourth-order valence-corrected chi connectivity index (χ4v) is 3.23. The number of carbonyl (C=O) groups excluding carboxylic acids is 1. The number of aldehydes is 1. The van der Waals surface area contributed by atoms with Gasteiger partial charge in [-0.15, -0.1) is 0 Å². The molecule has 0 radical (unpaired) electrons. The summed E-state index contributed by atoms with van der Waals surface area (Å²) in [4.78, 5) is 34.1. The quantitative estimate of drug-likeness (QED) is 0.460. The van der Waals surface area contributed by atoms with E-state index in [-0.39, 0.29) is 30.1 Å². The van der Waals surface area contributed by atoms with Crippen molar-refractivity contribution in [3.05, 3.63) is 40.2 Å². The van der Waals surface area contributed by atoms with Crippen molar-refractivity contribution in [2.45, 2.75) is 24.9 Å². The summed E-state index contributed by atoms with van der Waals surface area (Å²) >= 11 is 0. The fraction of sp³-hybridized carbons (Fsp3) is 0.294. The number of imidazole rings is 1. The molecule has 10 nitrogen and oxygen atoms in total. The van der Waals surface area contributed by atoms with Crippen molar-refractivity contribution < 1.29 is 19.7 Å². The Balaban J connectivity index is 1.93. The van der Waals surface area contributed by atoms with Gasteiger partial charge in [-0.05, 0) is 0 Å². The van der Waals surface area contributed by atoms with E-state index in [4.69, 9.17) is 10.5 Å². The molecule has 0 aliphatic carbocycles. The zero-order chi connectivity index (χ0) is 19.1. The van der Waals surface area contributed by atoms with Crippen LogP contribution in [-0.2, 0) is 4.74 Å². The number of ether oxygens (including phenoxy) is 1. The van der Waals surface area contributed by atoms with Crippen molar-refractivity contribution in [3.63, 3.8) is 0 Å². The van der Waals surface area contributed by atoms with Gasteiger partial charge < -0.3 is 20.7 Å². The molecule has 3 aromatic rings. The monoisotopic (exact) mass is 371 g/mol. The number of hydrogen-bond donors (Lipinski definition) is 4. The number of anilines is 1. The van der Waals surface area contributed by atoms with E-state index >= 15 is 0 Å². The average Bonchev–Trinajstić information content (AvgIpc) is 3.22. The summed E-state index contributed by atoms with van der Waals surface area (Å²) < 4.78 is 7.31. The van der Waals surface area contributed by atoms with E-state index in [9.17, 15) is 19.8 Å². The molecule has 1 aliphatic heterocycles. The first-order valence-corrected chi connectivity index (χ1v) is 8.29. The van der Waals surface area contributed by atoms with E-state index in [0.717, 1.165) is 6.29 Å². The molecule has 1 aromatic carbocycles. The smallest absolute Gasteiger partial charge is 0.280 e. The van der Waals surface area contributed by atoms with E-state index < -0.39 is 24.0 Å². The molecule has 0 amide bonds. The molecule has 0 saturated carbocycles. The number of benzene rings is 1. The van der Waals surface area contributed by atoms with Crippen LogP contribution in [0.15, 0.2) is 29.1 Å². The van der Waals surface area contributed by atoms with Crippen molar-refractivity contribution >= 4 is 23.4 Å². The zero-order valence-electron chi connectivity index (χ0n) is 14.1. The van der Waals surface area contributed by atoms with Gasteiger partial charge in [0, 0.05) is 17.5 Å². The van der Waals surface area contributed by atoms with Crippen LogP contribution in [0.5, 0.6) is 0 Å². The van der Waals surface area contributed by atoms with Crippen LogP contribution in [0.2, 0.25) is 0 Å². The largest absolute Gasteiger partial charge is 0.394 e. The molecule has 0 spiro atoms. The molecule has 0 bridgehead atoms. The van der Waals surface area contributed by atoms with Gasteiger partial charge in [0.1, 0.15) is 24.4 Å². The van der Waals surface area contributed by atoms with Crippen molar-refractivity contribution in [2.24, 2.45) is 0 Å². The van der Waals surface area contributed by atoms with E-state index in [1.165, 1.54) is 0 Å². The number of aromatic nitrogens is 4. The highest BCUT2D eigenvalue weighted by atomic mass is 16.5. The lowest BCUT2D eigenvalue weighted by atomic mass is 10.1. The highest BCUT2D eigenvalue weighted by Gasteiger charge is 2.37. The van der Waals surface area contributed by atoms with Gasteiger partial charge in [0.15, 0.2) is 11.2 Å². The Labute approximate surface area is 152 Å². The van der Waals surface area contributed by atoms with E-state index in [1.54, 1.807) is 28.8 Å². The number of carbonyl (C=O) groups is 1. The van der Waals surface area contributed by atoms with Crippen LogP contribution < -0.4 is 11.3 Å². The van der Waals surface area contributed by atoms with Crippen LogP contribution in [-0.4, -0.2) is 54.8 Å². The maximum Gasteiger partial charge on any atom is 0.280 e. The van der Waals surface area contributed by atoms with Crippen molar-refractivity contribution in [1.29, 1.82) is 0 Å². The number of fused-ring (bicyclic) bond motifs is 1. The highest BCUT2D eigenvalue weighted by molar-refractivity contribution is 5.79. The first kappa shape index (κ1) is 17.3. The predicted molar refractivity (Wildman–Crippen MR) is 95.0 cm³/mol. The summed E-state index contributed by atoms with van der Waals surface area (Å²) in [5, 5.41) is 19.5. The van der Waals surface area contributed by atoms with Gasteiger partial charge in [-0.2, -0.15) is 4.98 Å². The third kappa shape index (κ3) is 2.89. The number of nitrogens with two attached hydrogens (primary N) is 1. The van der Waals surface area contributed by atoms with Crippen LogP contribution in [0.1, 0.15) is 23.0 Å². The Morgan fingerprint density at radius 2 is 2.07 bits per heavy atom. The Morgan fingerprint density at radius 1 is 1.33 bits per heavy atom. The molecule has 4 rings (SSSR count). The Kier molecular flexibility index (Phi) is 4.22. The predicted octanol–water partition coefficient (Wildman–Crippen LogP) is -0.178. The zero-order valence-corrected chi connectivity index (χ0v) is 14.1. The molecule has 10 heteroatoms. The Bertz CT molecular complexity index is 1060. The lowest BCUT2D eigenvalue weighted by Gasteiger charge is -2.17. The number of nitrogens with zero attached hydrogens (tertiary/aromatic N) is 3. The minimum absolute atomic E-state index is 0.0733. The minimum Gasteiger partial charge on any atom is -0.394 e. The third-order valence-electron chi connectivity index (χ3n) is 4.55. The molecular weight excluding hydrogens is 354 g/mol. The summed E-state index contributed by atoms with van der Waals surface area (Å²) in [6, 6.07) is 6.62. The van der Waals surface area contributed by atoms with Crippen LogP contribution in [0.25, 0.3) is 22.6 Å². The van der Waals surface area contributed by atoms with Crippen LogP contribution in [0.3, 0.4) is 0 Å². The van der Waals surface area contributed by atoms with Gasteiger partial charge in [-0.1, -0.05) is 24.3 Å². The fourth-order valence-electron chi connectivity index (χ4n) is 3.23. The maximum atomic E-state index is 12.3. The molecule has 5 N–H and O–H groups in total. The number of nitrogens with one attached hydrogen (secondary N) is 1. The minimum atomic E-state index is -0.873. The second-order valence-electron chi connectivity index (χ2n) is 6.28. The van der Waals surface area contributed by atoms with Crippen molar-refractivity contribution in [1.82, 2.24) is 19.5 Å². The second kappa shape index (κ2) is 6.58. The van der Waals surface area contributed by atoms with E-state index in [1.807, 2.05) is 0 Å². The van der Waals surface area contributed by atoms with E-state index in [2.05, 4.69) is 15.0 Å². The Morgan fingerprint density at radius 3 is 2.70 bits per heavy atom. The van der Waals surface area contributed by atoms with Crippen LogP contribution in [0.4, 0.5) is 5.95 Å². The number of H-pyrrole nitrogens is 1. The lowest BCUT2D eigenvalue weighted by molar-refractivity contribution is -0.0426. The molecule has 1 aliphatic rings. The Hall–Kier alpha value is -3.08. The number of nitrogen functional groups attached to an aromatic ring is 1. The van der Waals surface area contributed by atoms with Crippen LogP contribution >= 0.6 is 0 Å². The molecule has 1 saturated heterocycles. The second-order valence-corrected chi connectivity index (χ2v) is 6.28. The summed E-state index contributed by atoms with van der Waals surface area (Å²) in [5.41, 5.74) is 6.59. The molecule has 2 aromatic heterocycles. The molecule has 3 heterocycles. The number of hydrogen-bond acceptors (Lipinski definition) is 8. The summed E-state index contributed by atoms with van der Waals surface area (Å²) in [6.45, 7) is -0.343. The number of rotatable bonds is 4. The summed E-state index contributed by atoms with van der Waals surface area (Å²) in [5.74, 6) is 0.301. The van der Waals surface area contributed by atoms with Gasteiger partial charge >= 0.3 is 0 Å². The highest BCUT2D eigenvalue weighted by Crippen LogP contribution is 2.35. The third-order valence-corrected chi connectivity index (χ3v) is 4.55. The van der Waals surface area contributed by atoms with Crippen molar-refractivity contribution in [2.75, 3.05) is 12.3 Å². The molecule has 0 unspecified atom stereocenters. The number of aliphatic hydroxyl groups is 2. The molecular formula is C17H17N5O5. The molecule has 1 fully saturated rings. The van der Waals surface area contributed by atoms with Crippen LogP contribution in [0, 0.1) is 0 Å². The standard InChI is InChI=1S/C17H17N5O5/c18-17-20-15-13(16(26)21-17)19-14(9-3-1-8(6-23)2-4-9)22(15)12-5-10(25)11(7-24)27-12/h1-4,6,10-12,24-25H,5,7H2,(H3,18,20,21,26)/t10-,11+,12+/m0/s1. The molecule has 3 atom stereocenters.